The molecular weight excluding hydrogens is 332 g/mol. The Morgan fingerprint density at radius 2 is 1.84 bits per heavy atom. The molecule has 0 atom stereocenters. The van der Waals surface area contributed by atoms with Gasteiger partial charge >= 0.3 is 0 Å². The zero-order valence-corrected chi connectivity index (χ0v) is 15.0. The van der Waals surface area contributed by atoms with E-state index < -0.39 is 0 Å². The summed E-state index contributed by atoms with van der Waals surface area (Å²) in [5.74, 6) is 0.0709. The zero-order chi connectivity index (χ0) is 17.5. The van der Waals surface area contributed by atoms with Crippen LogP contribution in [-0.2, 0) is 11.3 Å². The highest BCUT2D eigenvalue weighted by Crippen LogP contribution is 2.13. The lowest BCUT2D eigenvalue weighted by atomic mass is 10.2. The molecule has 1 aliphatic heterocycles. The average Bonchev–Trinajstić information content (AvgIpc) is 2.86. The zero-order valence-electron chi connectivity index (χ0n) is 14.3. The van der Waals surface area contributed by atoms with Gasteiger partial charge in [0.1, 0.15) is 0 Å². The molecule has 2 aromatic rings. The summed E-state index contributed by atoms with van der Waals surface area (Å²) in [4.78, 5) is 16.8. The van der Waals surface area contributed by atoms with E-state index in [0.717, 1.165) is 44.7 Å². The maximum Gasteiger partial charge on any atom is 0.246 e. The molecule has 1 heterocycles. The molecule has 0 bridgehead atoms. The maximum atomic E-state index is 12.5. The number of benzene rings is 2. The molecule has 130 valence electrons. The lowest BCUT2D eigenvalue weighted by Crippen LogP contribution is -2.34. The number of halogens is 1. The molecule has 0 aromatic heterocycles. The number of carbonyl (C=O) groups is 1. The van der Waals surface area contributed by atoms with Gasteiger partial charge in [-0.05, 0) is 35.8 Å². The summed E-state index contributed by atoms with van der Waals surface area (Å²) >= 11 is 5.98. The molecule has 25 heavy (non-hydrogen) atoms. The van der Waals surface area contributed by atoms with Crippen molar-refractivity contribution in [1.82, 2.24) is 9.80 Å². The van der Waals surface area contributed by atoms with Crippen LogP contribution >= 0.6 is 11.6 Å². The number of carbonyl (C=O) groups excluding carboxylic acids is 1. The van der Waals surface area contributed by atoms with Crippen molar-refractivity contribution < 1.29 is 4.79 Å². The van der Waals surface area contributed by atoms with Crippen LogP contribution in [0.25, 0.3) is 6.08 Å². The first-order chi connectivity index (χ1) is 12.2. The molecule has 0 unspecified atom stereocenters. The van der Waals surface area contributed by atoms with E-state index in [1.165, 1.54) is 5.56 Å². The third-order valence-electron chi connectivity index (χ3n) is 4.42. The van der Waals surface area contributed by atoms with E-state index in [2.05, 4.69) is 29.2 Å². The van der Waals surface area contributed by atoms with Gasteiger partial charge in [0.15, 0.2) is 0 Å². The number of hydrogen-bond acceptors (Lipinski definition) is 2. The molecular formula is C21H23ClN2O. The van der Waals surface area contributed by atoms with Crippen molar-refractivity contribution in [3.63, 3.8) is 0 Å². The van der Waals surface area contributed by atoms with Crippen LogP contribution in [0.4, 0.5) is 0 Å². The van der Waals surface area contributed by atoms with Crippen molar-refractivity contribution in [3.05, 3.63) is 76.8 Å². The molecule has 0 N–H and O–H groups in total. The van der Waals surface area contributed by atoms with Gasteiger partial charge in [-0.1, -0.05) is 54.1 Å². The van der Waals surface area contributed by atoms with Gasteiger partial charge in [0.25, 0.3) is 0 Å². The Morgan fingerprint density at radius 1 is 1.00 bits per heavy atom. The minimum atomic E-state index is 0.0709. The van der Waals surface area contributed by atoms with Gasteiger partial charge in [-0.3, -0.25) is 9.69 Å². The Kier molecular flexibility index (Phi) is 6.26. The first kappa shape index (κ1) is 17.7. The molecule has 1 amide bonds. The summed E-state index contributed by atoms with van der Waals surface area (Å²) < 4.78 is 0. The third-order valence-corrected chi connectivity index (χ3v) is 4.65. The number of amides is 1. The van der Waals surface area contributed by atoms with Gasteiger partial charge in [-0.2, -0.15) is 0 Å². The quantitative estimate of drug-likeness (QED) is 0.772. The average molecular weight is 355 g/mol. The smallest absolute Gasteiger partial charge is 0.246 e. The largest absolute Gasteiger partial charge is 0.338 e. The van der Waals surface area contributed by atoms with Gasteiger partial charge in [0.05, 0.1) is 0 Å². The van der Waals surface area contributed by atoms with E-state index in [4.69, 9.17) is 11.6 Å². The van der Waals surface area contributed by atoms with Crippen LogP contribution < -0.4 is 0 Å². The molecule has 1 aliphatic rings. The fourth-order valence-electron chi connectivity index (χ4n) is 3.07. The highest BCUT2D eigenvalue weighted by molar-refractivity contribution is 6.30. The molecule has 1 fully saturated rings. The van der Waals surface area contributed by atoms with Gasteiger partial charge in [-0.25, -0.2) is 0 Å². The van der Waals surface area contributed by atoms with Crippen LogP contribution in [0, 0.1) is 0 Å². The third kappa shape index (κ3) is 5.45. The fraction of sp³-hybridized carbons (Fsp3) is 0.286. The van der Waals surface area contributed by atoms with E-state index in [-0.39, 0.29) is 5.91 Å². The minimum Gasteiger partial charge on any atom is -0.338 e. The van der Waals surface area contributed by atoms with Crippen molar-refractivity contribution in [2.45, 2.75) is 13.0 Å². The van der Waals surface area contributed by atoms with E-state index >= 15 is 0 Å². The summed E-state index contributed by atoms with van der Waals surface area (Å²) in [6, 6.07) is 18.0. The summed E-state index contributed by atoms with van der Waals surface area (Å²) in [7, 11) is 0. The van der Waals surface area contributed by atoms with Crippen molar-refractivity contribution in [3.8, 4) is 0 Å². The van der Waals surface area contributed by atoms with Gasteiger partial charge in [-0.15, -0.1) is 0 Å². The molecule has 3 nitrogen and oxygen atoms in total. The van der Waals surface area contributed by atoms with E-state index in [0.29, 0.717) is 5.02 Å². The van der Waals surface area contributed by atoms with Crippen molar-refractivity contribution in [2.75, 3.05) is 26.2 Å². The Labute approximate surface area is 154 Å². The molecule has 0 radical (unpaired) electrons. The maximum absolute atomic E-state index is 12.5. The van der Waals surface area contributed by atoms with Crippen molar-refractivity contribution in [2.24, 2.45) is 0 Å². The van der Waals surface area contributed by atoms with E-state index in [1.807, 2.05) is 41.3 Å². The Morgan fingerprint density at radius 3 is 2.64 bits per heavy atom. The van der Waals surface area contributed by atoms with E-state index in [1.54, 1.807) is 6.08 Å². The normalized spacial score (nSPS) is 16.1. The van der Waals surface area contributed by atoms with E-state index in [9.17, 15) is 4.79 Å². The summed E-state index contributed by atoms with van der Waals surface area (Å²) in [5, 5.41) is 0.681. The van der Waals surface area contributed by atoms with Crippen molar-refractivity contribution in [1.29, 1.82) is 0 Å². The highest BCUT2D eigenvalue weighted by atomic mass is 35.5. The molecule has 3 rings (SSSR count). The Hall–Kier alpha value is -2.10. The van der Waals surface area contributed by atoms with Crippen LogP contribution in [0.1, 0.15) is 17.5 Å². The molecule has 0 spiro atoms. The number of nitrogens with zero attached hydrogens (tertiary/aromatic N) is 2. The highest BCUT2D eigenvalue weighted by Gasteiger charge is 2.17. The van der Waals surface area contributed by atoms with Crippen LogP contribution in [0.3, 0.4) is 0 Å². The summed E-state index contributed by atoms with van der Waals surface area (Å²) in [6.45, 7) is 4.46. The minimum absolute atomic E-state index is 0.0709. The molecule has 0 saturated carbocycles. The van der Waals surface area contributed by atoms with Crippen LogP contribution in [0.2, 0.25) is 5.02 Å². The summed E-state index contributed by atoms with van der Waals surface area (Å²) in [6.07, 6.45) is 4.49. The standard InChI is InChI=1S/C21H23ClN2O/c22-20-9-4-8-18(16-20)10-11-21(25)24-13-5-12-23(14-15-24)17-19-6-2-1-3-7-19/h1-4,6-11,16H,5,12-15,17H2/b11-10+. The second-order valence-corrected chi connectivity index (χ2v) is 6.77. The molecule has 2 aromatic carbocycles. The first-order valence-electron chi connectivity index (χ1n) is 8.69. The topological polar surface area (TPSA) is 23.6 Å². The van der Waals surface area contributed by atoms with Gasteiger partial charge in [0.2, 0.25) is 5.91 Å². The predicted molar refractivity (Wildman–Crippen MR) is 103 cm³/mol. The van der Waals surface area contributed by atoms with Gasteiger partial charge < -0.3 is 4.90 Å². The number of rotatable bonds is 4. The lowest BCUT2D eigenvalue weighted by molar-refractivity contribution is -0.125. The molecule has 0 aliphatic carbocycles. The van der Waals surface area contributed by atoms with Crippen LogP contribution in [0.5, 0.6) is 0 Å². The Bertz CT molecular complexity index is 730. The number of hydrogen-bond donors (Lipinski definition) is 0. The summed E-state index contributed by atoms with van der Waals surface area (Å²) in [5.41, 5.74) is 2.27. The second kappa shape index (κ2) is 8.84. The predicted octanol–water partition coefficient (Wildman–Crippen LogP) is 4.09. The molecule has 4 heteroatoms. The molecule has 1 saturated heterocycles. The monoisotopic (exact) mass is 354 g/mol. The van der Waals surface area contributed by atoms with Crippen LogP contribution in [-0.4, -0.2) is 41.9 Å². The van der Waals surface area contributed by atoms with Crippen molar-refractivity contribution >= 4 is 23.6 Å². The second-order valence-electron chi connectivity index (χ2n) is 6.33. The first-order valence-corrected chi connectivity index (χ1v) is 9.07. The van der Waals surface area contributed by atoms with Gasteiger partial charge in [0, 0.05) is 43.8 Å². The Balaban J connectivity index is 1.54. The lowest BCUT2D eigenvalue weighted by Gasteiger charge is -2.21. The fourth-order valence-corrected chi connectivity index (χ4v) is 3.27. The van der Waals surface area contributed by atoms with Crippen LogP contribution in [0.15, 0.2) is 60.7 Å². The SMILES string of the molecule is O=C(/C=C/c1cccc(Cl)c1)N1CCCN(Cc2ccccc2)CC1.